The van der Waals surface area contributed by atoms with Crippen LogP contribution in [0.1, 0.15) is 31.9 Å². The van der Waals surface area contributed by atoms with E-state index in [9.17, 15) is 9.59 Å². The average molecular weight is 383 g/mol. The summed E-state index contributed by atoms with van der Waals surface area (Å²) in [5.74, 6) is 0.890. The molecule has 5 heteroatoms. The Kier molecular flexibility index (Phi) is 8.05. The highest BCUT2D eigenvalue weighted by Crippen LogP contribution is 2.15. The molecular formula is C23H30N2O3. The predicted molar refractivity (Wildman–Crippen MR) is 111 cm³/mol. The average Bonchev–Trinajstić information content (AvgIpc) is 2.71. The molecule has 1 atom stereocenters. The van der Waals surface area contributed by atoms with Crippen molar-refractivity contribution in [3.8, 4) is 5.75 Å². The lowest BCUT2D eigenvalue weighted by Gasteiger charge is -2.29. The number of methoxy groups -OCH3 is 1. The van der Waals surface area contributed by atoms with Gasteiger partial charge in [0.05, 0.1) is 13.5 Å². The topological polar surface area (TPSA) is 58.6 Å². The van der Waals surface area contributed by atoms with E-state index in [1.807, 2.05) is 68.4 Å². The maximum atomic E-state index is 13.1. The molecule has 0 fully saturated rings. The smallest absolute Gasteiger partial charge is 0.242 e. The predicted octanol–water partition coefficient (Wildman–Crippen LogP) is 3.43. The second-order valence-corrected chi connectivity index (χ2v) is 7.35. The van der Waals surface area contributed by atoms with Gasteiger partial charge in [0.2, 0.25) is 11.8 Å². The first-order valence-electron chi connectivity index (χ1n) is 9.64. The van der Waals surface area contributed by atoms with Crippen LogP contribution in [-0.2, 0) is 22.6 Å². The number of hydrogen-bond donors (Lipinski definition) is 1. The number of nitrogens with zero attached hydrogens (tertiary/aromatic N) is 1. The molecule has 0 saturated heterocycles. The minimum Gasteiger partial charge on any atom is -0.497 e. The molecule has 1 N–H and O–H groups in total. The fraction of sp³-hybridized carbons (Fsp3) is 0.391. The molecule has 0 unspecified atom stereocenters. The van der Waals surface area contributed by atoms with Crippen LogP contribution >= 0.6 is 0 Å². The van der Waals surface area contributed by atoms with Gasteiger partial charge >= 0.3 is 0 Å². The molecule has 0 radical (unpaired) electrons. The van der Waals surface area contributed by atoms with Crippen LogP contribution in [-0.4, -0.2) is 36.4 Å². The molecule has 5 nitrogen and oxygen atoms in total. The zero-order valence-corrected chi connectivity index (χ0v) is 17.1. The molecule has 0 heterocycles. The van der Waals surface area contributed by atoms with Gasteiger partial charge in [0, 0.05) is 13.1 Å². The first-order chi connectivity index (χ1) is 13.4. The molecule has 2 aromatic carbocycles. The summed E-state index contributed by atoms with van der Waals surface area (Å²) < 4.78 is 5.17. The Balaban J connectivity index is 2.15. The van der Waals surface area contributed by atoms with Crippen molar-refractivity contribution in [2.24, 2.45) is 5.92 Å². The van der Waals surface area contributed by atoms with Crippen molar-refractivity contribution in [3.63, 3.8) is 0 Å². The third kappa shape index (κ3) is 6.41. The van der Waals surface area contributed by atoms with Crippen molar-refractivity contribution < 1.29 is 14.3 Å². The molecule has 0 aliphatic rings. The van der Waals surface area contributed by atoms with E-state index in [1.165, 1.54) is 0 Å². The molecule has 0 aliphatic carbocycles. The summed E-state index contributed by atoms with van der Waals surface area (Å²) in [6.45, 7) is 6.86. The third-order valence-electron chi connectivity index (χ3n) is 4.56. The van der Waals surface area contributed by atoms with E-state index in [0.29, 0.717) is 19.0 Å². The number of benzene rings is 2. The molecular weight excluding hydrogens is 352 g/mol. The highest BCUT2D eigenvalue weighted by Gasteiger charge is 2.26. The molecule has 0 saturated carbocycles. The second-order valence-electron chi connectivity index (χ2n) is 7.35. The molecule has 0 bridgehead atoms. The fourth-order valence-electron chi connectivity index (χ4n) is 2.83. The Morgan fingerprint density at radius 3 is 2.18 bits per heavy atom. The lowest BCUT2D eigenvalue weighted by Crippen LogP contribution is -2.48. The van der Waals surface area contributed by atoms with Gasteiger partial charge in [-0.05, 0) is 36.1 Å². The Morgan fingerprint density at radius 2 is 1.61 bits per heavy atom. The van der Waals surface area contributed by atoms with Crippen molar-refractivity contribution in [2.45, 2.75) is 39.8 Å². The molecule has 0 aliphatic heterocycles. The first-order valence-corrected chi connectivity index (χ1v) is 9.64. The summed E-state index contributed by atoms with van der Waals surface area (Å²) in [6.07, 6.45) is 0.235. The SMILES string of the molecule is COc1ccc(CC(=O)N(Cc2ccccc2)[C@@H](C)C(=O)NCC(C)C)cc1. The van der Waals surface area contributed by atoms with Gasteiger partial charge in [-0.25, -0.2) is 0 Å². The number of carbonyl (C=O) groups excluding carboxylic acids is 2. The van der Waals surface area contributed by atoms with Gasteiger partial charge in [0.15, 0.2) is 0 Å². The van der Waals surface area contributed by atoms with Crippen LogP contribution in [0, 0.1) is 5.92 Å². The monoisotopic (exact) mass is 382 g/mol. The number of nitrogens with one attached hydrogen (secondary N) is 1. The lowest BCUT2D eigenvalue weighted by atomic mass is 10.1. The summed E-state index contributed by atoms with van der Waals surface area (Å²) in [6, 6.07) is 16.6. The summed E-state index contributed by atoms with van der Waals surface area (Å²) in [7, 11) is 1.61. The number of amides is 2. The lowest BCUT2D eigenvalue weighted by molar-refractivity contribution is -0.140. The van der Waals surface area contributed by atoms with Gasteiger partial charge < -0.3 is 15.0 Å². The zero-order valence-electron chi connectivity index (χ0n) is 17.1. The van der Waals surface area contributed by atoms with Crippen LogP contribution in [0.5, 0.6) is 5.75 Å². The number of ether oxygens (including phenoxy) is 1. The molecule has 0 spiro atoms. The Morgan fingerprint density at radius 1 is 0.964 bits per heavy atom. The molecule has 150 valence electrons. The van der Waals surface area contributed by atoms with E-state index in [1.54, 1.807) is 18.9 Å². The third-order valence-corrected chi connectivity index (χ3v) is 4.56. The van der Waals surface area contributed by atoms with Gasteiger partial charge in [0.25, 0.3) is 0 Å². The van der Waals surface area contributed by atoms with Gasteiger partial charge in [-0.1, -0.05) is 56.3 Å². The van der Waals surface area contributed by atoms with E-state index in [0.717, 1.165) is 16.9 Å². The van der Waals surface area contributed by atoms with Gasteiger partial charge in [-0.3, -0.25) is 9.59 Å². The quantitative estimate of drug-likeness (QED) is 0.723. The van der Waals surface area contributed by atoms with E-state index in [2.05, 4.69) is 5.32 Å². The van der Waals surface area contributed by atoms with Crippen LogP contribution < -0.4 is 10.1 Å². The number of rotatable bonds is 9. The maximum Gasteiger partial charge on any atom is 0.242 e. The van der Waals surface area contributed by atoms with E-state index < -0.39 is 6.04 Å². The molecule has 2 rings (SSSR count). The summed E-state index contributed by atoms with van der Waals surface area (Å²) in [5, 5.41) is 2.93. The van der Waals surface area contributed by atoms with Crippen LogP contribution in [0.15, 0.2) is 54.6 Å². The normalized spacial score (nSPS) is 11.8. The van der Waals surface area contributed by atoms with Crippen molar-refractivity contribution in [1.82, 2.24) is 10.2 Å². The number of hydrogen-bond acceptors (Lipinski definition) is 3. The summed E-state index contributed by atoms with van der Waals surface area (Å²) >= 11 is 0. The summed E-state index contributed by atoms with van der Waals surface area (Å²) in [5.41, 5.74) is 1.88. The minimum atomic E-state index is -0.551. The number of carbonyl (C=O) groups is 2. The van der Waals surface area contributed by atoms with E-state index in [-0.39, 0.29) is 18.2 Å². The van der Waals surface area contributed by atoms with Gasteiger partial charge in [-0.15, -0.1) is 0 Å². The Labute approximate surface area is 167 Å². The summed E-state index contributed by atoms with van der Waals surface area (Å²) in [4.78, 5) is 27.3. The van der Waals surface area contributed by atoms with Crippen LogP contribution in [0.4, 0.5) is 0 Å². The fourth-order valence-corrected chi connectivity index (χ4v) is 2.83. The molecule has 2 amide bonds. The standard InChI is InChI=1S/C23H30N2O3/c1-17(2)15-24-23(27)18(3)25(16-20-8-6-5-7-9-20)22(26)14-19-10-12-21(28-4)13-11-19/h5-13,17-18H,14-16H2,1-4H3,(H,24,27)/t18-/m0/s1. The zero-order chi connectivity index (χ0) is 20.5. The maximum absolute atomic E-state index is 13.1. The second kappa shape index (κ2) is 10.5. The first kappa shape index (κ1) is 21.5. The molecule has 28 heavy (non-hydrogen) atoms. The van der Waals surface area contributed by atoms with Crippen LogP contribution in [0.3, 0.4) is 0 Å². The largest absolute Gasteiger partial charge is 0.497 e. The van der Waals surface area contributed by atoms with Gasteiger partial charge in [0.1, 0.15) is 11.8 Å². The van der Waals surface area contributed by atoms with E-state index in [4.69, 9.17) is 4.74 Å². The molecule has 0 aromatic heterocycles. The van der Waals surface area contributed by atoms with Crippen molar-refractivity contribution in [3.05, 3.63) is 65.7 Å². The van der Waals surface area contributed by atoms with E-state index >= 15 is 0 Å². The Hall–Kier alpha value is -2.82. The minimum absolute atomic E-state index is 0.0822. The molecule has 2 aromatic rings. The van der Waals surface area contributed by atoms with Crippen molar-refractivity contribution >= 4 is 11.8 Å². The van der Waals surface area contributed by atoms with Crippen molar-refractivity contribution in [1.29, 1.82) is 0 Å². The highest BCUT2D eigenvalue weighted by molar-refractivity contribution is 5.88. The van der Waals surface area contributed by atoms with Gasteiger partial charge in [-0.2, -0.15) is 0 Å². The van der Waals surface area contributed by atoms with Crippen molar-refractivity contribution in [2.75, 3.05) is 13.7 Å². The highest BCUT2D eigenvalue weighted by atomic mass is 16.5. The Bertz CT molecular complexity index is 757. The van der Waals surface area contributed by atoms with Crippen LogP contribution in [0.25, 0.3) is 0 Å². The van der Waals surface area contributed by atoms with Crippen LogP contribution in [0.2, 0.25) is 0 Å².